The van der Waals surface area contributed by atoms with Crippen molar-refractivity contribution in [3.8, 4) is 0 Å². The SMILES string of the molecule is C=Cc1nc(C)cc2c1nc(N1CCN(C(=O)OC(C)(C)C)CC1)n2Cc1ccc(F)c(C)c1. The molecular weight excluding hydrogens is 433 g/mol. The lowest BCUT2D eigenvalue weighted by molar-refractivity contribution is 0.0240. The lowest BCUT2D eigenvalue weighted by atomic mass is 10.1. The summed E-state index contributed by atoms with van der Waals surface area (Å²) in [6.45, 7) is 16.1. The number of carbonyl (C=O) groups excluding carboxylic acids is 1. The zero-order chi connectivity index (χ0) is 24.6. The van der Waals surface area contributed by atoms with E-state index in [9.17, 15) is 9.18 Å². The number of aromatic nitrogens is 3. The van der Waals surface area contributed by atoms with Gasteiger partial charge in [-0.15, -0.1) is 0 Å². The highest BCUT2D eigenvalue weighted by Crippen LogP contribution is 2.28. The Kier molecular flexibility index (Phi) is 6.34. The molecule has 0 atom stereocenters. The van der Waals surface area contributed by atoms with Crippen LogP contribution in [0.4, 0.5) is 15.1 Å². The molecule has 1 amide bonds. The zero-order valence-electron chi connectivity index (χ0n) is 20.6. The van der Waals surface area contributed by atoms with Crippen LogP contribution in [0.15, 0.2) is 30.8 Å². The van der Waals surface area contributed by atoms with Crippen LogP contribution in [0.2, 0.25) is 0 Å². The standard InChI is InChI=1S/C26H32FN5O2/c1-7-21-23-22(15-18(3)28-21)32(16-19-8-9-20(27)17(2)14-19)24(29-23)30-10-12-31(13-11-30)25(33)34-26(4,5)6/h7-9,14-15H,1,10-13,16H2,2-6H3. The first-order valence-corrected chi connectivity index (χ1v) is 11.5. The summed E-state index contributed by atoms with van der Waals surface area (Å²) in [7, 11) is 0. The summed E-state index contributed by atoms with van der Waals surface area (Å²) in [5.74, 6) is 0.586. The van der Waals surface area contributed by atoms with E-state index in [1.807, 2.05) is 39.8 Å². The molecule has 180 valence electrons. The molecule has 3 aromatic rings. The molecular formula is C26H32FN5O2. The molecule has 34 heavy (non-hydrogen) atoms. The van der Waals surface area contributed by atoms with Crippen LogP contribution in [0.5, 0.6) is 0 Å². The van der Waals surface area contributed by atoms with Crippen molar-refractivity contribution in [1.82, 2.24) is 19.4 Å². The van der Waals surface area contributed by atoms with Crippen LogP contribution < -0.4 is 4.90 Å². The number of imidazole rings is 1. The van der Waals surface area contributed by atoms with Crippen molar-refractivity contribution in [2.24, 2.45) is 0 Å². The number of anilines is 1. The van der Waals surface area contributed by atoms with Gasteiger partial charge >= 0.3 is 6.09 Å². The van der Waals surface area contributed by atoms with Crippen molar-refractivity contribution in [2.75, 3.05) is 31.1 Å². The van der Waals surface area contributed by atoms with E-state index in [2.05, 4.69) is 21.0 Å². The van der Waals surface area contributed by atoms with Crippen molar-refractivity contribution in [3.05, 3.63) is 59.2 Å². The smallest absolute Gasteiger partial charge is 0.410 e. The van der Waals surface area contributed by atoms with E-state index < -0.39 is 5.60 Å². The molecule has 3 heterocycles. The van der Waals surface area contributed by atoms with E-state index in [0.717, 1.165) is 33.9 Å². The molecule has 1 aromatic carbocycles. The predicted octanol–water partition coefficient (Wildman–Crippen LogP) is 4.94. The first-order valence-electron chi connectivity index (χ1n) is 11.5. The quantitative estimate of drug-likeness (QED) is 0.546. The summed E-state index contributed by atoms with van der Waals surface area (Å²) in [6.07, 6.45) is 1.43. The molecule has 7 nitrogen and oxygen atoms in total. The average molecular weight is 466 g/mol. The van der Waals surface area contributed by atoms with Gasteiger partial charge in [-0.05, 0) is 64.0 Å². The van der Waals surface area contributed by atoms with E-state index in [1.165, 1.54) is 6.07 Å². The lowest BCUT2D eigenvalue weighted by Crippen LogP contribution is -2.50. The highest BCUT2D eigenvalue weighted by molar-refractivity contribution is 5.86. The first kappa shape index (κ1) is 23.7. The number of benzene rings is 1. The molecule has 4 rings (SSSR count). The lowest BCUT2D eigenvalue weighted by Gasteiger charge is -2.36. The van der Waals surface area contributed by atoms with Gasteiger partial charge in [0.15, 0.2) is 0 Å². The van der Waals surface area contributed by atoms with Crippen LogP contribution in [0.25, 0.3) is 17.1 Å². The average Bonchev–Trinajstić information content (AvgIpc) is 3.12. The fourth-order valence-corrected chi connectivity index (χ4v) is 4.20. The van der Waals surface area contributed by atoms with E-state index >= 15 is 0 Å². The number of halogens is 1. The van der Waals surface area contributed by atoms with Gasteiger partial charge in [-0.25, -0.2) is 14.2 Å². The minimum absolute atomic E-state index is 0.216. The maximum Gasteiger partial charge on any atom is 0.410 e. The number of amides is 1. The van der Waals surface area contributed by atoms with E-state index in [1.54, 1.807) is 24.0 Å². The van der Waals surface area contributed by atoms with E-state index in [0.29, 0.717) is 38.3 Å². The maximum absolute atomic E-state index is 13.9. The van der Waals surface area contributed by atoms with Crippen molar-refractivity contribution in [2.45, 2.75) is 46.8 Å². The van der Waals surface area contributed by atoms with Gasteiger partial charge in [0.05, 0.1) is 17.8 Å². The van der Waals surface area contributed by atoms with Crippen LogP contribution in [0.3, 0.4) is 0 Å². The van der Waals surface area contributed by atoms with Gasteiger partial charge in [-0.1, -0.05) is 18.7 Å². The third-order valence-corrected chi connectivity index (χ3v) is 5.84. The van der Waals surface area contributed by atoms with Crippen molar-refractivity contribution < 1.29 is 13.9 Å². The fraction of sp³-hybridized carbons (Fsp3) is 0.423. The molecule has 0 N–H and O–H groups in total. The van der Waals surface area contributed by atoms with Gasteiger partial charge in [0, 0.05) is 31.9 Å². The number of ether oxygens (including phenoxy) is 1. The largest absolute Gasteiger partial charge is 0.444 e. The van der Waals surface area contributed by atoms with Gasteiger partial charge in [-0.2, -0.15) is 0 Å². The topological polar surface area (TPSA) is 63.5 Å². The predicted molar refractivity (Wildman–Crippen MR) is 133 cm³/mol. The molecule has 0 unspecified atom stereocenters. The summed E-state index contributed by atoms with van der Waals surface area (Å²) in [4.78, 5) is 26.0. The third-order valence-electron chi connectivity index (χ3n) is 5.84. The molecule has 0 spiro atoms. The van der Waals surface area contributed by atoms with Gasteiger partial charge < -0.3 is 19.1 Å². The summed E-state index contributed by atoms with van der Waals surface area (Å²) < 4.78 is 21.5. The highest BCUT2D eigenvalue weighted by Gasteiger charge is 2.28. The summed E-state index contributed by atoms with van der Waals surface area (Å²) in [5, 5.41) is 0. The molecule has 0 bridgehead atoms. The number of carbonyl (C=O) groups is 1. The van der Waals surface area contributed by atoms with Gasteiger partial charge in [-0.3, -0.25) is 4.98 Å². The number of aryl methyl sites for hydroxylation is 2. The number of hydrogen-bond donors (Lipinski definition) is 0. The van der Waals surface area contributed by atoms with E-state index in [4.69, 9.17) is 9.72 Å². The molecule has 1 fully saturated rings. The van der Waals surface area contributed by atoms with Gasteiger partial charge in [0.1, 0.15) is 16.9 Å². The molecule has 8 heteroatoms. The molecule has 1 aliphatic rings. The number of hydrogen-bond acceptors (Lipinski definition) is 5. The fourth-order valence-electron chi connectivity index (χ4n) is 4.20. The van der Waals surface area contributed by atoms with Crippen LogP contribution in [0, 0.1) is 19.7 Å². The summed E-state index contributed by atoms with van der Waals surface area (Å²) >= 11 is 0. The monoisotopic (exact) mass is 465 g/mol. The number of rotatable bonds is 4. The van der Waals surface area contributed by atoms with Crippen LogP contribution in [-0.2, 0) is 11.3 Å². The zero-order valence-corrected chi connectivity index (χ0v) is 20.6. The molecule has 0 aliphatic carbocycles. The molecule has 0 saturated carbocycles. The molecule has 0 radical (unpaired) electrons. The maximum atomic E-state index is 13.9. The minimum atomic E-state index is -0.526. The second-order valence-corrected chi connectivity index (χ2v) is 9.76. The van der Waals surface area contributed by atoms with E-state index in [-0.39, 0.29) is 11.9 Å². The Labute approximate surface area is 199 Å². The molecule has 1 saturated heterocycles. The second-order valence-electron chi connectivity index (χ2n) is 9.76. The normalized spacial score (nSPS) is 14.5. The molecule has 2 aromatic heterocycles. The minimum Gasteiger partial charge on any atom is -0.444 e. The number of piperazine rings is 1. The highest BCUT2D eigenvalue weighted by atomic mass is 19.1. The Bertz CT molecular complexity index is 1240. The van der Waals surface area contributed by atoms with Crippen LogP contribution >= 0.6 is 0 Å². The number of pyridine rings is 1. The summed E-state index contributed by atoms with van der Waals surface area (Å²) in [6, 6.07) is 7.20. The number of nitrogens with zero attached hydrogens (tertiary/aromatic N) is 5. The second kappa shape index (κ2) is 9.08. The van der Waals surface area contributed by atoms with Crippen molar-refractivity contribution in [3.63, 3.8) is 0 Å². The first-order chi connectivity index (χ1) is 16.1. The Morgan fingerprint density at radius 1 is 1.15 bits per heavy atom. The Hall–Kier alpha value is -3.42. The van der Waals surface area contributed by atoms with Crippen LogP contribution in [-0.4, -0.2) is 57.3 Å². The Balaban J connectivity index is 1.68. The van der Waals surface area contributed by atoms with Gasteiger partial charge in [0.2, 0.25) is 5.95 Å². The third kappa shape index (κ3) is 4.90. The Morgan fingerprint density at radius 2 is 1.85 bits per heavy atom. The molecule has 1 aliphatic heterocycles. The summed E-state index contributed by atoms with van der Waals surface area (Å²) in [5.41, 5.74) is 4.41. The van der Waals surface area contributed by atoms with Crippen molar-refractivity contribution in [1.29, 1.82) is 0 Å². The van der Waals surface area contributed by atoms with Crippen molar-refractivity contribution >= 4 is 29.2 Å². The number of fused-ring (bicyclic) bond motifs is 1. The Morgan fingerprint density at radius 3 is 2.47 bits per heavy atom. The van der Waals surface area contributed by atoms with Gasteiger partial charge in [0.25, 0.3) is 0 Å². The van der Waals surface area contributed by atoms with Crippen LogP contribution in [0.1, 0.15) is 43.3 Å².